The minimum Gasteiger partial charge on any atom is -0.282 e. The number of isothiocyanates is 2. The summed E-state index contributed by atoms with van der Waals surface area (Å²) in [5.41, 5.74) is 0.228. The Morgan fingerprint density at radius 3 is 2.31 bits per heavy atom. The van der Waals surface area contributed by atoms with Crippen LogP contribution in [0.15, 0.2) is 33.1 Å². The number of aliphatic imine (C=N–C) groups is 2. The van der Waals surface area contributed by atoms with Crippen LogP contribution in [0.25, 0.3) is 0 Å². The predicted molar refractivity (Wildman–Crippen MR) is 65.6 cm³/mol. The van der Waals surface area contributed by atoms with Crippen molar-refractivity contribution in [2.24, 2.45) is 9.98 Å². The Bertz CT molecular complexity index is 611. The Labute approximate surface area is 102 Å². The maximum Gasteiger partial charge on any atom is 0.296 e. The van der Waals surface area contributed by atoms with Crippen LogP contribution < -0.4 is 0 Å². The van der Waals surface area contributed by atoms with E-state index in [4.69, 9.17) is 4.55 Å². The van der Waals surface area contributed by atoms with Gasteiger partial charge in [0.2, 0.25) is 0 Å². The summed E-state index contributed by atoms with van der Waals surface area (Å²) in [6, 6.07) is 3.90. The average molecular weight is 272 g/mol. The molecule has 0 unspecified atom stereocenters. The number of nitrogens with zero attached hydrogens (tertiary/aromatic N) is 2. The van der Waals surface area contributed by atoms with E-state index in [2.05, 4.69) is 39.6 Å². The minimum absolute atomic E-state index is 0.0131. The molecule has 0 aliphatic carbocycles. The lowest BCUT2D eigenvalue weighted by atomic mass is 10.3. The summed E-state index contributed by atoms with van der Waals surface area (Å²) in [4.78, 5) is 6.69. The first-order valence-corrected chi connectivity index (χ1v) is 6.02. The predicted octanol–water partition coefficient (Wildman–Crippen LogP) is 2.40. The summed E-state index contributed by atoms with van der Waals surface area (Å²) in [5, 5.41) is 4.09. The molecule has 82 valence electrons. The van der Waals surface area contributed by atoms with Gasteiger partial charge < -0.3 is 0 Å². The molecule has 0 aromatic heterocycles. The highest BCUT2D eigenvalue weighted by Gasteiger charge is 2.15. The van der Waals surface area contributed by atoms with E-state index in [0.29, 0.717) is 0 Å². The molecule has 0 saturated carbocycles. The fraction of sp³-hybridized carbons (Fsp3) is 0. The first-order valence-electron chi connectivity index (χ1n) is 3.76. The molecule has 0 bridgehead atoms. The van der Waals surface area contributed by atoms with Gasteiger partial charge in [-0.15, -0.1) is 0 Å². The van der Waals surface area contributed by atoms with E-state index in [1.165, 1.54) is 12.1 Å². The smallest absolute Gasteiger partial charge is 0.282 e. The zero-order valence-corrected chi connectivity index (χ0v) is 10.1. The highest BCUT2D eigenvalue weighted by molar-refractivity contribution is 7.86. The fourth-order valence-electron chi connectivity index (χ4n) is 0.973. The lowest BCUT2D eigenvalue weighted by Crippen LogP contribution is -1.98. The van der Waals surface area contributed by atoms with Crippen LogP contribution in [0.2, 0.25) is 0 Å². The van der Waals surface area contributed by atoms with Gasteiger partial charge in [0.15, 0.2) is 0 Å². The average Bonchev–Trinajstić information content (AvgIpc) is 2.19. The van der Waals surface area contributed by atoms with Gasteiger partial charge in [-0.25, -0.2) is 0 Å². The lowest BCUT2D eigenvalue weighted by Gasteiger charge is -2.01. The number of rotatable bonds is 3. The molecule has 1 N–H and O–H groups in total. The molecule has 0 saturated heterocycles. The van der Waals surface area contributed by atoms with Gasteiger partial charge in [0, 0.05) is 0 Å². The lowest BCUT2D eigenvalue weighted by molar-refractivity contribution is 0.483. The van der Waals surface area contributed by atoms with E-state index < -0.39 is 15.0 Å². The molecular formula is C8H4N2O3S3. The van der Waals surface area contributed by atoms with Crippen molar-refractivity contribution in [3.8, 4) is 0 Å². The zero-order chi connectivity index (χ0) is 12.2. The Kier molecular flexibility index (Phi) is 4.14. The third kappa shape index (κ3) is 3.11. The topological polar surface area (TPSA) is 79.1 Å². The van der Waals surface area contributed by atoms with Crippen LogP contribution in [0.5, 0.6) is 0 Å². The number of benzene rings is 1. The summed E-state index contributed by atoms with van der Waals surface area (Å²) in [5.74, 6) is 0. The fourth-order valence-corrected chi connectivity index (χ4v) is 1.82. The Balaban J connectivity index is 3.56. The second-order valence-corrected chi connectivity index (χ2v) is 4.29. The third-order valence-corrected chi connectivity index (χ3v) is 2.63. The van der Waals surface area contributed by atoms with Crippen molar-refractivity contribution in [3.05, 3.63) is 18.2 Å². The van der Waals surface area contributed by atoms with E-state index in [9.17, 15) is 8.42 Å². The molecule has 1 rings (SSSR count). The van der Waals surface area contributed by atoms with E-state index in [0.717, 1.165) is 6.07 Å². The SMILES string of the molecule is O=S(=O)(O)c1cc(N=C=S)ccc1N=C=S. The zero-order valence-electron chi connectivity index (χ0n) is 7.61. The van der Waals surface area contributed by atoms with Crippen molar-refractivity contribution in [1.29, 1.82) is 0 Å². The molecule has 0 aliphatic heterocycles. The molecule has 0 spiro atoms. The Morgan fingerprint density at radius 2 is 1.81 bits per heavy atom. The van der Waals surface area contributed by atoms with Crippen LogP contribution in [0, 0.1) is 0 Å². The van der Waals surface area contributed by atoms with Crippen LogP contribution in [-0.4, -0.2) is 23.3 Å². The van der Waals surface area contributed by atoms with Gasteiger partial charge in [0.05, 0.1) is 21.7 Å². The molecule has 1 aromatic rings. The maximum atomic E-state index is 11.0. The van der Waals surface area contributed by atoms with E-state index in [1.54, 1.807) is 0 Å². The highest BCUT2D eigenvalue weighted by Crippen LogP contribution is 2.28. The van der Waals surface area contributed by atoms with Crippen molar-refractivity contribution in [3.63, 3.8) is 0 Å². The molecular weight excluding hydrogens is 268 g/mol. The normalized spacial score (nSPS) is 10.1. The summed E-state index contributed by atoms with van der Waals surface area (Å²) in [7, 11) is -4.40. The second-order valence-electron chi connectivity index (χ2n) is 2.53. The van der Waals surface area contributed by atoms with E-state index in [-0.39, 0.29) is 11.4 Å². The molecule has 0 aliphatic rings. The Morgan fingerprint density at radius 1 is 1.19 bits per heavy atom. The number of hydrogen-bond acceptors (Lipinski definition) is 6. The van der Waals surface area contributed by atoms with Crippen molar-refractivity contribution in [2.75, 3.05) is 0 Å². The molecule has 0 atom stereocenters. The standard InChI is InChI=1S/C8H4N2O3S3/c11-16(12,13)8-3-6(9-4-14)1-2-7(8)10-5-15/h1-3H,(H,11,12,13). The van der Waals surface area contributed by atoms with Gasteiger partial charge in [-0.1, -0.05) is 0 Å². The van der Waals surface area contributed by atoms with E-state index >= 15 is 0 Å². The molecule has 0 fully saturated rings. The minimum atomic E-state index is -4.40. The summed E-state index contributed by atoms with van der Waals surface area (Å²) < 4.78 is 31.0. The molecule has 0 amide bonds. The quantitative estimate of drug-likeness (QED) is 0.519. The largest absolute Gasteiger partial charge is 0.296 e. The molecule has 1 aromatic carbocycles. The molecule has 0 heterocycles. The van der Waals surface area contributed by atoms with Crippen LogP contribution >= 0.6 is 24.4 Å². The Hall–Kier alpha value is -1.27. The van der Waals surface area contributed by atoms with Crippen molar-refractivity contribution >= 4 is 56.3 Å². The van der Waals surface area contributed by atoms with Gasteiger partial charge >= 0.3 is 0 Å². The van der Waals surface area contributed by atoms with Crippen molar-refractivity contribution < 1.29 is 13.0 Å². The monoisotopic (exact) mass is 272 g/mol. The molecule has 16 heavy (non-hydrogen) atoms. The van der Waals surface area contributed by atoms with Gasteiger partial charge in [-0.3, -0.25) is 4.55 Å². The summed E-state index contributed by atoms with van der Waals surface area (Å²) in [6.07, 6.45) is 0. The van der Waals surface area contributed by atoms with Crippen LogP contribution in [0.4, 0.5) is 11.4 Å². The summed E-state index contributed by atoms with van der Waals surface area (Å²) in [6.45, 7) is 0. The van der Waals surface area contributed by atoms with Crippen LogP contribution in [0.1, 0.15) is 0 Å². The first-order chi connectivity index (χ1) is 7.49. The van der Waals surface area contributed by atoms with Gasteiger partial charge in [-0.05, 0) is 42.6 Å². The van der Waals surface area contributed by atoms with Crippen molar-refractivity contribution in [1.82, 2.24) is 0 Å². The summed E-state index contributed by atoms with van der Waals surface area (Å²) >= 11 is 8.73. The third-order valence-electron chi connectivity index (χ3n) is 1.56. The molecule has 0 radical (unpaired) electrons. The van der Waals surface area contributed by atoms with Crippen LogP contribution in [-0.2, 0) is 10.1 Å². The second kappa shape index (κ2) is 5.18. The number of thiocarbonyl (C=S) groups is 2. The van der Waals surface area contributed by atoms with Gasteiger partial charge in [-0.2, -0.15) is 18.4 Å². The first kappa shape index (κ1) is 12.8. The maximum absolute atomic E-state index is 11.0. The van der Waals surface area contributed by atoms with Crippen molar-refractivity contribution in [2.45, 2.75) is 4.90 Å². The molecule has 5 nitrogen and oxygen atoms in total. The number of hydrogen-bond donors (Lipinski definition) is 1. The molecule has 8 heteroatoms. The highest BCUT2D eigenvalue weighted by atomic mass is 32.2. The van der Waals surface area contributed by atoms with Gasteiger partial charge in [0.1, 0.15) is 4.90 Å². The van der Waals surface area contributed by atoms with Crippen LogP contribution in [0.3, 0.4) is 0 Å². The van der Waals surface area contributed by atoms with Gasteiger partial charge in [0.25, 0.3) is 10.1 Å². The van der Waals surface area contributed by atoms with E-state index in [1.807, 2.05) is 5.16 Å².